The fourth-order valence-corrected chi connectivity index (χ4v) is 3.08. The van der Waals surface area contributed by atoms with E-state index < -0.39 is 24.1 Å². The summed E-state index contributed by atoms with van der Waals surface area (Å²) >= 11 is 0. The van der Waals surface area contributed by atoms with Crippen LogP contribution in [0.1, 0.15) is 91.3 Å². The van der Waals surface area contributed by atoms with Crippen molar-refractivity contribution in [3.8, 4) is 0 Å². The molecule has 2 heterocycles. The van der Waals surface area contributed by atoms with E-state index in [1.807, 2.05) is 19.9 Å². The van der Waals surface area contributed by atoms with Crippen LogP contribution in [-0.4, -0.2) is 38.4 Å². The number of allylic oxidation sites excluding steroid dienone is 2. The average molecular weight is 529 g/mol. The van der Waals surface area contributed by atoms with Gasteiger partial charge in [-0.05, 0) is 38.3 Å². The molecule has 1 saturated carbocycles. The Balaban J connectivity index is 0.00000213. The minimum Gasteiger partial charge on any atom is -0.387 e. The number of aryl methyl sites for hydroxylation is 1. The first kappa shape index (κ1) is 34.5. The maximum atomic E-state index is 13.2. The van der Waals surface area contributed by atoms with Crippen molar-refractivity contribution in [1.29, 1.82) is 0 Å². The molecule has 3 unspecified atom stereocenters. The number of unbranched alkanes of at least 4 members (excludes halogenated alkanes) is 1. The topological polar surface area (TPSA) is 112 Å². The van der Waals surface area contributed by atoms with Crippen molar-refractivity contribution in [2.24, 2.45) is 10.9 Å². The zero-order chi connectivity index (χ0) is 26.7. The predicted octanol–water partition coefficient (Wildman–Crippen LogP) is 7.06. The van der Waals surface area contributed by atoms with Crippen LogP contribution in [0.25, 0.3) is 5.57 Å². The van der Waals surface area contributed by atoms with Crippen molar-refractivity contribution in [2.45, 2.75) is 87.4 Å². The van der Waals surface area contributed by atoms with Crippen LogP contribution in [0.2, 0.25) is 0 Å². The lowest BCUT2D eigenvalue weighted by Crippen LogP contribution is -2.16. The van der Waals surface area contributed by atoms with Crippen molar-refractivity contribution in [3.05, 3.63) is 60.1 Å². The van der Waals surface area contributed by atoms with E-state index in [0.29, 0.717) is 34.9 Å². The molecule has 9 heteroatoms. The van der Waals surface area contributed by atoms with Gasteiger partial charge in [0.25, 0.3) is 0 Å². The number of halogens is 1. The number of rotatable bonds is 10. The number of hydrogen-bond donors (Lipinski definition) is 3. The number of nitrogens with zero attached hydrogens (tertiary/aromatic N) is 4. The van der Waals surface area contributed by atoms with Gasteiger partial charge in [-0.3, -0.25) is 9.78 Å². The van der Waals surface area contributed by atoms with Gasteiger partial charge in [0.05, 0.1) is 35.3 Å². The van der Waals surface area contributed by atoms with Gasteiger partial charge in [0.1, 0.15) is 24.1 Å². The summed E-state index contributed by atoms with van der Waals surface area (Å²) in [7, 11) is 0. The van der Waals surface area contributed by atoms with E-state index in [-0.39, 0.29) is 27.1 Å². The summed E-state index contributed by atoms with van der Waals surface area (Å²) < 4.78 is 13.2. The van der Waals surface area contributed by atoms with Gasteiger partial charge in [0.2, 0.25) is 5.91 Å². The van der Waals surface area contributed by atoms with Crippen LogP contribution < -0.4 is 10.6 Å². The van der Waals surface area contributed by atoms with Crippen molar-refractivity contribution in [2.75, 3.05) is 10.6 Å². The van der Waals surface area contributed by atoms with E-state index in [0.717, 1.165) is 5.56 Å². The summed E-state index contributed by atoms with van der Waals surface area (Å²) in [4.78, 5) is 29.1. The first-order chi connectivity index (χ1) is 17.3. The molecule has 0 saturated heterocycles. The zero-order valence-corrected chi connectivity index (χ0v) is 21.8. The summed E-state index contributed by atoms with van der Waals surface area (Å²) in [5.74, 6) is -0.270. The van der Waals surface area contributed by atoms with Crippen LogP contribution in [-0.2, 0) is 4.79 Å². The number of nitrogens with one attached hydrogen (secondary N) is 2. The number of aliphatic hydroxyl groups is 1. The lowest BCUT2D eigenvalue weighted by Gasteiger charge is -2.15. The third-order valence-electron chi connectivity index (χ3n) is 5.57. The molecule has 1 fully saturated rings. The lowest BCUT2D eigenvalue weighted by atomic mass is 10.1. The smallest absolute Gasteiger partial charge is 0.231 e. The number of amides is 1. The van der Waals surface area contributed by atoms with Crippen LogP contribution in [0, 0.1) is 12.8 Å². The Labute approximate surface area is 227 Å². The maximum absolute atomic E-state index is 13.2. The summed E-state index contributed by atoms with van der Waals surface area (Å²) in [6, 6.07) is 3.41. The van der Waals surface area contributed by atoms with Crippen LogP contribution >= 0.6 is 0 Å². The number of pyridine rings is 1. The highest BCUT2D eigenvalue weighted by molar-refractivity contribution is 5.94. The second kappa shape index (κ2) is 17.1. The summed E-state index contributed by atoms with van der Waals surface area (Å²) in [6.45, 7) is 13.8. The monoisotopic (exact) mass is 528 g/mol. The second-order valence-electron chi connectivity index (χ2n) is 8.46. The summed E-state index contributed by atoms with van der Waals surface area (Å²) in [6.07, 6.45) is 7.93. The number of aromatic nitrogens is 3. The van der Waals surface area contributed by atoms with Crippen LogP contribution in [0.5, 0.6) is 0 Å². The van der Waals surface area contributed by atoms with Crippen LogP contribution in [0.4, 0.5) is 15.9 Å². The minimum absolute atomic E-state index is 0. The molecular weight excluding hydrogens is 483 g/mol. The molecule has 1 aliphatic rings. The Hall–Kier alpha value is -3.46. The van der Waals surface area contributed by atoms with Gasteiger partial charge in [-0.2, -0.15) is 0 Å². The number of alkyl halides is 1. The molecular formula is C29H45FN6O2. The molecule has 0 aliphatic heterocycles. The van der Waals surface area contributed by atoms with Gasteiger partial charge in [-0.1, -0.05) is 61.1 Å². The number of carbonyl (C=O) groups is 1. The number of aliphatic hydroxyl groups excluding tert-OH is 1. The summed E-state index contributed by atoms with van der Waals surface area (Å²) in [5.41, 5.74) is 3.26. The number of hydrogen-bond acceptors (Lipinski definition) is 7. The Morgan fingerprint density at radius 1 is 1.21 bits per heavy atom. The van der Waals surface area contributed by atoms with Gasteiger partial charge in [-0.25, -0.2) is 19.4 Å². The maximum Gasteiger partial charge on any atom is 0.231 e. The molecule has 2 aromatic rings. The first-order valence-electron chi connectivity index (χ1n) is 12.3. The molecule has 38 heavy (non-hydrogen) atoms. The van der Waals surface area contributed by atoms with Crippen molar-refractivity contribution in [3.63, 3.8) is 0 Å². The normalized spacial score (nSPS) is 17.0. The number of carbonyl (C=O) groups excluding carboxylic acids is 1. The van der Waals surface area contributed by atoms with E-state index in [2.05, 4.69) is 51.0 Å². The Bertz CT molecular complexity index is 1100. The zero-order valence-electron chi connectivity index (χ0n) is 21.8. The fraction of sp³-hybridized carbons (Fsp3) is 0.483. The lowest BCUT2D eigenvalue weighted by molar-refractivity contribution is -0.117. The molecule has 1 amide bonds. The molecule has 0 bridgehead atoms. The Morgan fingerprint density at radius 2 is 1.87 bits per heavy atom. The molecule has 0 radical (unpaired) electrons. The molecule has 3 rings (SSSR count). The highest BCUT2D eigenvalue weighted by Crippen LogP contribution is 2.34. The standard InChI is InChI=1S/C23H27FN6O2.C4H10.2CH4/c1-5-14(17-10-21(28-12-27-17)30-23(32)15-9-16(15)24)22(25-7-3)29-19-11-26-18(8-13(19)4)20(31)6-2;1-3-4-2;;/h5,7-8,10-12,15-16,20,29,31H,1,6,9H2,2-4H3,(H,27,28,30,32);3-4H2,1-2H3;2*1H4/b22-14-,25-7-;;;. The quantitative estimate of drug-likeness (QED) is 0.225. The van der Waals surface area contributed by atoms with E-state index in [4.69, 9.17) is 0 Å². The molecule has 1 aliphatic carbocycles. The molecule has 2 aromatic heterocycles. The first-order valence-corrected chi connectivity index (χ1v) is 12.3. The minimum atomic E-state index is -1.09. The van der Waals surface area contributed by atoms with E-state index in [9.17, 15) is 14.3 Å². The Kier molecular flexibility index (Phi) is 15.6. The van der Waals surface area contributed by atoms with Crippen LogP contribution in [0.3, 0.4) is 0 Å². The van der Waals surface area contributed by atoms with Crippen molar-refractivity contribution >= 4 is 29.2 Å². The fourth-order valence-electron chi connectivity index (χ4n) is 3.08. The highest BCUT2D eigenvalue weighted by Gasteiger charge is 2.43. The van der Waals surface area contributed by atoms with Crippen LogP contribution in [0.15, 0.2) is 48.1 Å². The average Bonchev–Trinajstić information content (AvgIpc) is 3.62. The van der Waals surface area contributed by atoms with E-state index in [1.165, 1.54) is 19.2 Å². The van der Waals surface area contributed by atoms with Gasteiger partial charge >= 0.3 is 0 Å². The number of aliphatic imine (C=N–C) groups is 1. The molecule has 0 aromatic carbocycles. The Morgan fingerprint density at radius 3 is 2.37 bits per heavy atom. The van der Waals surface area contributed by atoms with E-state index in [1.54, 1.807) is 31.5 Å². The van der Waals surface area contributed by atoms with Crippen molar-refractivity contribution in [1.82, 2.24) is 15.0 Å². The second-order valence-corrected chi connectivity index (χ2v) is 8.46. The third kappa shape index (κ3) is 9.78. The van der Waals surface area contributed by atoms with Gasteiger partial charge < -0.3 is 15.7 Å². The molecule has 8 nitrogen and oxygen atoms in total. The molecule has 3 atom stereocenters. The SMILES string of the molecule is C.C.C=C/C(=C(\N=C/C)Nc1cnc(C(O)CC)cc1C)c1cc(NC(=O)C2CC2F)ncn1.CCCC. The third-order valence-corrected chi connectivity index (χ3v) is 5.57. The summed E-state index contributed by atoms with van der Waals surface area (Å²) in [5, 5.41) is 15.9. The highest BCUT2D eigenvalue weighted by atomic mass is 19.1. The largest absolute Gasteiger partial charge is 0.387 e. The van der Waals surface area contributed by atoms with Gasteiger partial charge in [-0.15, -0.1) is 0 Å². The van der Waals surface area contributed by atoms with Crippen molar-refractivity contribution < 1.29 is 14.3 Å². The molecule has 210 valence electrons. The molecule has 3 N–H and O–H groups in total. The number of anilines is 2. The molecule has 0 spiro atoms. The van der Waals surface area contributed by atoms with Gasteiger partial charge in [0.15, 0.2) is 0 Å². The van der Waals surface area contributed by atoms with E-state index >= 15 is 0 Å². The van der Waals surface area contributed by atoms with Gasteiger partial charge in [0, 0.05) is 17.9 Å². The predicted molar refractivity (Wildman–Crippen MR) is 157 cm³/mol.